The van der Waals surface area contributed by atoms with Gasteiger partial charge in [0, 0.05) is 13.2 Å². The van der Waals surface area contributed by atoms with Gasteiger partial charge in [-0.25, -0.2) is 4.79 Å². The van der Waals surface area contributed by atoms with Gasteiger partial charge in [0.25, 0.3) is 0 Å². The van der Waals surface area contributed by atoms with E-state index in [0.29, 0.717) is 11.3 Å². The summed E-state index contributed by atoms with van der Waals surface area (Å²) in [6.45, 7) is 0.415. The maximum atomic E-state index is 10.5. The topological polar surface area (TPSA) is 86.5 Å². The number of nitrogens with zero attached hydrogens (tertiary/aromatic N) is 3. The van der Waals surface area contributed by atoms with Gasteiger partial charge in [-0.3, -0.25) is 4.98 Å². The number of hydrogen-bond acceptors (Lipinski definition) is 4. The monoisotopic (exact) mass is 221 g/mol. The van der Waals surface area contributed by atoms with E-state index in [0.717, 1.165) is 4.90 Å². The second-order valence-corrected chi connectivity index (χ2v) is 3.04. The highest BCUT2D eigenvalue weighted by Gasteiger charge is 2.06. The molecule has 0 unspecified atom stereocenters. The van der Waals surface area contributed by atoms with E-state index in [1.807, 2.05) is 6.07 Å². The van der Waals surface area contributed by atoms with Gasteiger partial charge in [-0.1, -0.05) is 0 Å². The van der Waals surface area contributed by atoms with Crippen molar-refractivity contribution < 1.29 is 14.6 Å². The molecule has 84 valence electrons. The lowest BCUT2D eigenvalue weighted by atomic mass is 10.3. The Morgan fingerprint density at radius 3 is 3.12 bits per heavy atom. The van der Waals surface area contributed by atoms with Gasteiger partial charge in [0.05, 0.1) is 18.3 Å². The summed E-state index contributed by atoms with van der Waals surface area (Å²) >= 11 is 0. The molecule has 1 aromatic heterocycles. The van der Waals surface area contributed by atoms with Crippen LogP contribution in [0.5, 0.6) is 5.75 Å². The zero-order valence-electron chi connectivity index (χ0n) is 8.75. The fourth-order valence-corrected chi connectivity index (χ4v) is 0.976. The summed E-state index contributed by atoms with van der Waals surface area (Å²) in [7, 11) is 1.44. The number of likely N-dealkylation sites (N-methyl/N-ethyl adjacent to an activating group) is 1. The smallest absolute Gasteiger partial charge is 0.407 e. The normalized spacial score (nSPS) is 9.25. The van der Waals surface area contributed by atoms with E-state index in [4.69, 9.17) is 15.1 Å². The van der Waals surface area contributed by atoms with Crippen LogP contribution >= 0.6 is 0 Å². The molecule has 0 aliphatic rings. The number of nitriles is 1. The Bertz CT molecular complexity index is 414. The van der Waals surface area contributed by atoms with Crippen LogP contribution in [0, 0.1) is 11.3 Å². The van der Waals surface area contributed by atoms with Crippen molar-refractivity contribution in [3.05, 3.63) is 24.0 Å². The molecule has 0 saturated heterocycles. The average molecular weight is 221 g/mol. The van der Waals surface area contributed by atoms with Crippen LogP contribution in [0.25, 0.3) is 0 Å². The zero-order valence-corrected chi connectivity index (χ0v) is 8.75. The molecule has 1 aromatic rings. The summed E-state index contributed by atoms with van der Waals surface area (Å²) < 4.78 is 5.26. The lowest BCUT2D eigenvalue weighted by Crippen LogP contribution is -2.29. The fraction of sp³-hybridized carbons (Fsp3) is 0.300. The van der Waals surface area contributed by atoms with Gasteiger partial charge in [0.2, 0.25) is 0 Å². The maximum Gasteiger partial charge on any atom is 0.407 e. The molecule has 1 rings (SSSR count). The second-order valence-electron chi connectivity index (χ2n) is 3.04. The van der Waals surface area contributed by atoms with Crippen molar-refractivity contribution in [2.45, 2.75) is 0 Å². The van der Waals surface area contributed by atoms with Crippen LogP contribution in [0.4, 0.5) is 4.79 Å². The van der Waals surface area contributed by atoms with E-state index in [1.165, 1.54) is 25.5 Å². The lowest BCUT2D eigenvalue weighted by Gasteiger charge is -2.13. The Kier molecular flexibility index (Phi) is 4.09. The van der Waals surface area contributed by atoms with Crippen LogP contribution in [-0.4, -0.2) is 41.3 Å². The third-order valence-corrected chi connectivity index (χ3v) is 1.92. The molecular formula is C10H11N3O3. The Balaban J connectivity index is 2.49. The highest BCUT2D eigenvalue weighted by Crippen LogP contribution is 2.14. The van der Waals surface area contributed by atoms with E-state index in [1.54, 1.807) is 0 Å². The van der Waals surface area contributed by atoms with Gasteiger partial charge < -0.3 is 14.7 Å². The summed E-state index contributed by atoms with van der Waals surface area (Å²) in [6, 6.07) is 3.50. The van der Waals surface area contributed by atoms with Crippen LogP contribution in [-0.2, 0) is 0 Å². The minimum atomic E-state index is -1.02. The number of ether oxygens (including phenoxy) is 1. The van der Waals surface area contributed by atoms with E-state index in [2.05, 4.69) is 4.98 Å². The quantitative estimate of drug-likeness (QED) is 0.817. The van der Waals surface area contributed by atoms with Gasteiger partial charge in [-0.2, -0.15) is 5.26 Å². The first-order chi connectivity index (χ1) is 7.65. The number of amides is 1. The third-order valence-electron chi connectivity index (χ3n) is 1.92. The molecule has 6 nitrogen and oxygen atoms in total. The number of pyridine rings is 1. The number of carboxylic acid groups (broad SMARTS) is 1. The number of carbonyl (C=O) groups is 1. The molecule has 0 saturated carbocycles. The van der Waals surface area contributed by atoms with Gasteiger partial charge in [0.15, 0.2) is 5.75 Å². The minimum absolute atomic E-state index is 0.184. The average Bonchev–Trinajstić information content (AvgIpc) is 2.29. The second kappa shape index (κ2) is 5.56. The summed E-state index contributed by atoms with van der Waals surface area (Å²) in [4.78, 5) is 15.4. The minimum Gasteiger partial charge on any atom is -0.489 e. The Labute approximate surface area is 92.7 Å². The van der Waals surface area contributed by atoms with Crippen LogP contribution in [0.3, 0.4) is 0 Å². The molecule has 0 aliphatic heterocycles. The van der Waals surface area contributed by atoms with E-state index in [9.17, 15) is 4.79 Å². The van der Waals surface area contributed by atoms with Crippen molar-refractivity contribution in [3.8, 4) is 11.8 Å². The molecule has 0 spiro atoms. The first kappa shape index (κ1) is 11.8. The summed E-state index contributed by atoms with van der Waals surface area (Å²) in [5, 5.41) is 17.3. The van der Waals surface area contributed by atoms with Gasteiger partial charge in [0.1, 0.15) is 12.7 Å². The van der Waals surface area contributed by atoms with Crippen molar-refractivity contribution >= 4 is 6.09 Å². The molecule has 0 aliphatic carbocycles. The number of rotatable bonds is 4. The molecule has 0 radical (unpaired) electrons. The molecule has 0 aromatic carbocycles. The predicted molar refractivity (Wildman–Crippen MR) is 55.1 cm³/mol. The van der Waals surface area contributed by atoms with Crippen molar-refractivity contribution in [2.24, 2.45) is 0 Å². The third kappa shape index (κ3) is 3.13. The van der Waals surface area contributed by atoms with E-state index < -0.39 is 6.09 Å². The van der Waals surface area contributed by atoms with Crippen LogP contribution in [0.2, 0.25) is 0 Å². The predicted octanol–water partition coefficient (Wildman–Crippen LogP) is 0.942. The molecule has 1 heterocycles. The number of hydrogen-bond donors (Lipinski definition) is 1. The highest BCUT2D eigenvalue weighted by molar-refractivity contribution is 5.64. The number of aromatic nitrogens is 1. The van der Waals surface area contributed by atoms with Crippen molar-refractivity contribution in [1.82, 2.24) is 9.88 Å². The molecule has 0 atom stereocenters. The molecule has 1 amide bonds. The van der Waals surface area contributed by atoms with Gasteiger partial charge in [-0.05, 0) is 6.07 Å². The zero-order chi connectivity index (χ0) is 12.0. The Morgan fingerprint density at radius 1 is 1.75 bits per heavy atom. The van der Waals surface area contributed by atoms with Crippen LogP contribution in [0.1, 0.15) is 5.56 Å². The SMILES string of the molecule is CN(CCOc1cnccc1C#N)C(=O)O. The maximum absolute atomic E-state index is 10.5. The summed E-state index contributed by atoms with van der Waals surface area (Å²) in [5.74, 6) is 0.365. The molecule has 0 fully saturated rings. The molecule has 16 heavy (non-hydrogen) atoms. The molecule has 6 heteroatoms. The first-order valence-corrected chi connectivity index (χ1v) is 4.56. The fourth-order valence-electron chi connectivity index (χ4n) is 0.976. The summed E-state index contributed by atoms with van der Waals surface area (Å²) in [5.41, 5.74) is 0.382. The molecular weight excluding hydrogens is 210 g/mol. The van der Waals surface area contributed by atoms with E-state index >= 15 is 0 Å². The van der Waals surface area contributed by atoms with Crippen molar-refractivity contribution in [1.29, 1.82) is 5.26 Å². The van der Waals surface area contributed by atoms with Gasteiger partial charge >= 0.3 is 6.09 Å². The molecule has 0 bridgehead atoms. The Hall–Kier alpha value is -2.29. The standard InChI is InChI=1S/C10H11N3O3/c1-13(10(14)15)4-5-16-9-7-12-3-2-8(9)6-11/h2-3,7H,4-5H2,1H3,(H,14,15). The first-order valence-electron chi connectivity index (χ1n) is 4.56. The van der Waals surface area contributed by atoms with E-state index in [-0.39, 0.29) is 13.2 Å². The van der Waals surface area contributed by atoms with Crippen LogP contribution < -0.4 is 4.74 Å². The largest absolute Gasteiger partial charge is 0.489 e. The Morgan fingerprint density at radius 2 is 2.50 bits per heavy atom. The van der Waals surface area contributed by atoms with Crippen molar-refractivity contribution in [3.63, 3.8) is 0 Å². The summed E-state index contributed by atoms with van der Waals surface area (Å²) in [6.07, 6.45) is 1.91. The van der Waals surface area contributed by atoms with Gasteiger partial charge in [-0.15, -0.1) is 0 Å². The highest BCUT2D eigenvalue weighted by atomic mass is 16.5. The molecule has 1 N–H and O–H groups in total. The van der Waals surface area contributed by atoms with Crippen LogP contribution in [0.15, 0.2) is 18.5 Å². The lowest BCUT2D eigenvalue weighted by molar-refractivity contribution is 0.147. The van der Waals surface area contributed by atoms with Crippen molar-refractivity contribution in [2.75, 3.05) is 20.2 Å².